The largest absolute Gasteiger partial charge is 0.444 e. The number of aliphatic imine (C=N–C) groups is 1. The van der Waals surface area contributed by atoms with E-state index < -0.39 is 23.1 Å². The van der Waals surface area contributed by atoms with Gasteiger partial charge in [-0.1, -0.05) is 44.2 Å². The van der Waals surface area contributed by atoms with Gasteiger partial charge < -0.3 is 19.3 Å². The highest BCUT2D eigenvalue weighted by Crippen LogP contribution is 2.34. The molecular formula is C38H52F3N3O3. The van der Waals surface area contributed by atoms with Crippen molar-refractivity contribution in [2.24, 2.45) is 4.99 Å². The molecule has 0 aliphatic carbocycles. The van der Waals surface area contributed by atoms with E-state index in [1.807, 2.05) is 66.7 Å². The first-order valence-electron chi connectivity index (χ1n) is 16.4. The van der Waals surface area contributed by atoms with Gasteiger partial charge in [0.15, 0.2) is 17.5 Å². The van der Waals surface area contributed by atoms with Gasteiger partial charge in [0.1, 0.15) is 11.4 Å². The molecule has 2 aliphatic rings. The average Bonchev–Trinajstić information content (AvgIpc) is 3.14. The number of halogens is 3. The Morgan fingerprint density at radius 1 is 1.13 bits per heavy atom. The Morgan fingerprint density at radius 3 is 2.26 bits per heavy atom. The van der Waals surface area contributed by atoms with Crippen LogP contribution in [-0.4, -0.2) is 65.2 Å². The number of unbranched alkanes of at least 4 members (excludes halogenated alkanes) is 1. The fourth-order valence-corrected chi connectivity index (χ4v) is 5.40. The standard InChI is InChI=1S/C32H40F3N3O2.C6H12O/c1-9-11-23(10-2)28-27(16-21(4)24-17-25(33)29(35)26(34)18-24)36-13-12-20(3)30(28)37-14-15-38(22(5)19-37)31(39)40-32(6,7)8;1-3-4-5-6(2)7/h9-12,17-18,22H,4,13-16,19H2,1-3,5-8H3;3-5H2,1-2H3/b11-9-,23-10-;/t22-;/m1./s1. The van der Waals surface area contributed by atoms with Crippen LogP contribution >= 0.6 is 0 Å². The molecule has 0 spiro atoms. The van der Waals surface area contributed by atoms with Crippen LogP contribution in [0, 0.1) is 17.5 Å². The first-order chi connectivity index (χ1) is 22.0. The van der Waals surface area contributed by atoms with Crippen molar-refractivity contribution in [3.63, 3.8) is 0 Å². The van der Waals surface area contributed by atoms with Crippen molar-refractivity contribution >= 4 is 23.2 Å². The summed E-state index contributed by atoms with van der Waals surface area (Å²) in [6, 6.07) is 1.82. The maximum absolute atomic E-state index is 14.0. The Kier molecular flexibility index (Phi) is 14.9. The smallest absolute Gasteiger partial charge is 0.410 e. The van der Waals surface area contributed by atoms with Crippen LogP contribution in [0.25, 0.3) is 5.57 Å². The van der Waals surface area contributed by atoms with E-state index in [1.54, 1.807) is 11.8 Å². The molecular weight excluding hydrogens is 603 g/mol. The molecule has 1 saturated heterocycles. The third-order valence-electron chi connectivity index (χ3n) is 7.75. The van der Waals surface area contributed by atoms with Gasteiger partial charge in [0.05, 0.1) is 6.54 Å². The molecule has 1 amide bonds. The van der Waals surface area contributed by atoms with Crippen LogP contribution in [0.2, 0.25) is 0 Å². The molecule has 0 N–H and O–H groups in total. The van der Waals surface area contributed by atoms with Crippen LogP contribution in [-0.2, 0) is 9.53 Å². The fourth-order valence-electron chi connectivity index (χ4n) is 5.40. The lowest BCUT2D eigenvalue weighted by molar-refractivity contribution is -0.117. The monoisotopic (exact) mass is 655 g/mol. The zero-order valence-corrected chi connectivity index (χ0v) is 29.6. The minimum Gasteiger partial charge on any atom is -0.444 e. The van der Waals surface area contributed by atoms with Crippen molar-refractivity contribution in [3.05, 3.63) is 88.4 Å². The van der Waals surface area contributed by atoms with E-state index in [9.17, 15) is 22.8 Å². The van der Waals surface area contributed by atoms with Crippen LogP contribution in [0.1, 0.15) is 93.6 Å². The van der Waals surface area contributed by atoms with Gasteiger partial charge in [-0.15, -0.1) is 0 Å². The Balaban J connectivity index is 0.000000984. The van der Waals surface area contributed by atoms with Gasteiger partial charge in [-0.05, 0) is 96.2 Å². The molecule has 1 aromatic rings. The van der Waals surface area contributed by atoms with Gasteiger partial charge in [0, 0.05) is 55.5 Å². The van der Waals surface area contributed by atoms with Crippen molar-refractivity contribution in [1.29, 1.82) is 0 Å². The second kappa shape index (κ2) is 17.9. The summed E-state index contributed by atoms with van der Waals surface area (Å²) >= 11 is 0. The number of carbonyl (C=O) groups is 2. The van der Waals surface area contributed by atoms with Gasteiger partial charge in [-0.25, -0.2) is 18.0 Å². The first-order valence-corrected chi connectivity index (χ1v) is 16.4. The number of piperazine rings is 1. The fraction of sp³-hybridized carbons (Fsp3) is 0.500. The number of carbonyl (C=O) groups excluding carboxylic acids is 2. The Bertz CT molecular complexity index is 1440. The number of nitrogens with zero attached hydrogens (tertiary/aromatic N) is 3. The van der Waals surface area contributed by atoms with Crippen LogP contribution in [0.15, 0.2) is 70.4 Å². The molecule has 47 heavy (non-hydrogen) atoms. The number of amides is 1. The quantitative estimate of drug-likeness (QED) is 0.197. The average molecular weight is 656 g/mol. The maximum Gasteiger partial charge on any atom is 0.410 e. The number of hydrogen-bond acceptors (Lipinski definition) is 5. The molecule has 1 fully saturated rings. The normalized spacial score (nSPS) is 17.5. The van der Waals surface area contributed by atoms with Crippen LogP contribution in [0.4, 0.5) is 18.0 Å². The second-order valence-electron chi connectivity index (χ2n) is 13.0. The topological polar surface area (TPSA) is 62.2 Å². The molecule has 9 heteroatoms. The number of allylic oxidation sites excluding steroid dienone is 7. The molecule has 1 atom stereocenters. The second-order valence-corrected chi connectivity index (χ2v) is 13.0. The number of ketones is 1. The zero-order chi connectivity index (χ0) is 35.5. The lowest BCUT2D eigenvalue weighted by Gasteiger charge is -2.43. The van der Waals surface area contributed by atoms with E-state index in [0.717, 1.165) is 53.8 Å². The third kappa shape index (κ3) is 11.4. The zero-order valence-electron chi connectivity index (χ0n) is 29.6. The summed E-state index contributed by atoms with van der Waals surface area (Å²) in [6.07, 6.45) is 10.8. The molecule has 0 bridgehead atoms. The Hall–Kier alpha value is -3.88. The highest BCUT2D eigenvalue weighted by molar-refractivity contribution is 6.10. The molecule has 0 saturated carbocycles. The van der Waals surface area contributed by atoms with Crippen molar-refractivity contribution in [2.75, 3.05) is 26.2 Å². The molecule has 0 aromatic heterocycles. The van der Waals surface area contributed by atoms with Gasteiger partial charge in [-0.3, -0.25) is 4.99 Å². The van der Waals surface area contributed by atoms with Gasteiger partial charge in [0.2, 0.25) is 0 Å². The summed E-state index contributed by atoms with van der Waals surface area (Å²) in [7, 11) is 0. The lowest BCUT2D eigenvalue weighted by atomic mass is 9.89. The van der Waals surface area contributed by atoms with E-state index in [0.29, 0.717) is 43.2 Å². The van der Waals surface area contributed by atoms with Crippen LogP contribution in [0.3, 0.4) is 0 Å². The predicted molar refractivity (Wildman–Crippen MR) is 186 cm³/mol. The maximum atomic E-state index is 14.0. The molecule has 0 radical (unpaired) electrons. The van der Waals surface area contributed by atoms with Crippen molar-refractivity contribution in [2.45, 2.75) is 99.6 Å². The number of benzene rings is 1. The molecule has 2 aliphatic heterocycles. The van der Waals surface area contributed by atoms with E-state index in [1.165, 1.54) is 0 Å². The number of ether oxygens (including phenoxy) is 1. The van der Waals surface area contributed by atoms with Gasteiger partial charge in [-0.2, -0.15) is 0 Å². The minimum absolute atomic E-state index is 0.107. The molecule has 2 heterocycles. The first kappa shape index (κ1) is 39.3. The third-order valence-corrected chi connectivity index (χ3v) is 7.75. The van der Waals surface area contributed by atoms with E-state index >= 15 is 0 Å². The van der Waals surface area contributed by atoms with Crippen molar-refractivity contribution in [3.8, 4) is 0 Å². The summed E-state index contributed by atoms with van der Waals surface area (Å²) in [5.41, 5.74) is 4.61. The molecule has 0 unspecified atom stereocenters. The number of rotatable bonds is 9. The van der Waals surface area contributed by atoms with E-state index in [4.69, 9.17) is 9.73 Å². The van der Waals surface area contributed by atoms with Crippen molar-refractivity contribution in [1.82, 2.24) is 9.80 Å². The SMILES string of the molecule is C=C(CC1=NCC=C(C)C(N2CCN(C(=O)OC(C)(C)C)[C@H](C)C2)=C1C(/C=C\C)=C\C)c1cc(F)c(F)c(F)c1.CCCCC(C)=O. The summed E-state index contributed by atoms with van der Waals surface area (Å²) in [5.74, 6) is -3.71. The number of Topliss-reactive ketones (excluding diaryl/α,β-unsaturated/α-hetero) is 1. The highest BCUT2D eigenvalue weighted by Gasteiger charge is 2.34. The predicted octanol–water partition coefficient (Wildman–Crippen LogP) is 9.39. The summed E-state index contributed by atoms with van der Waals surface area (Å²) in [6.45, 7) is 23.4. The Morgan fingerprint density at radius 2 is 1.77 bits per heavy atom. The lowest BCUT2D eigenvalue weighted by Crippen LogP contribution is -2.54. The minimum atomic E-state index is -1.50. The molecule has 258 valence electrons. The molecule has 3 rings (SSSR count). The summed E-state index contributed by atoms with van der Waals surface area (Å²) in [5, 5.41) is 0. The van der Waals surface area contributed by atoms with Gasteiger partial charge in [0.25, 0.3) is 0 Å². The van der Waals surface area contributed by atoms with Crippen LogP contribution < -0.4 is 0 Å². The van der Waals surface area contributed by atoms with Crippen molar-refractivity contribution < 1.29 is 27.5 Å². The summed E-state index contributed by atoms with van der Waals surface area (Å²) < 4.78 is 47.3. The molecule has 1 aromatic carbocycles. The van der Waals surface area contributed by atoms with Gasteiger partial charge >= 0.3 is 6.09 Å². The van der Waals surface area contributed by atoms with E-state index in [2.05, 4.69) is 24.5 Å². The number of hydrogen-bond donors (Lipinski definition) is 0. The highest BCUT2D eigenvalue weighted by atomic mass is 19.2. The Labute approximate surface area is 279 Å². The molecule has 6 nitrogen and oxygen atoms in total. The summed E-state index contributed by atoms with van der Waals surface area (Å²) in [4.78, 5) is 31.9. The van der Waals surface area contributed by atoms with E-state index in [-0.39, 0.29) is 24.1 Å². The van der Waals surface area contributed by atoms with Crippen LogP contribution in [0.5, 0.6) is 0 Å².